The smallest absolute Gasteiger partial charge is 0.191 e. The molecule has 0 bridgehead atoms. The van der Waals surface area contributed by atoms with Gasteiger partial charge in [-0.15, -0.1) is 0 Å². The normalized spacial score (nSPS) is 13.1. The summed E-state index contributed by atoms with van der Waals surface area (Å²) in [6.45, 7) is 9.35. The number of aryl methyl sites for hydroxylation is 3. The largest absolute Gasteiger partial charge is 0.361 e. The minimum atomic E-state index is 0.267. The Morgan fingerprint density at radius 2 is 2.07 bits per heavy atom. The average molecular weight is 381 g/mol. The Morgan fingerprint density at radius 1 is 1.29 bits per heavy atom. The van der Waals surface area contributed by atoms with Gasteiger partial charge in [0, 0.05) is 49.5 Å². The van der Waals surface area contributed by atoms with E-state index >= 15 is 0 Å². The lowest BCUT2D eigenvalue weighted by Crippen LogP contribution is -2.43. The first-order chi connectivity index (χ1) is 13.4. The lowest BCUT2D eigenvalue weighted by molar-refractivity contribution is 0.635. The first-order valence-electron chi connectivity index (χ1n) is 9.92. The molecule has 6 nitrogen and oxygen atoms in total. The van der Waals surface area contributed by atoms with Gasteiger partial charge in [0.2, 0.25) is 0 Å². The van der Waals surface area contributed by atoms with Crippen molar-refractivity contribution in [2.45, 2.75) is 46.6 Å². The lowest BCUT2D eigenvalue weighted by Gasteiger charge is -2.18. The maximum Gasteiger partial charge on any atom is 0.191 e. The van der Waals surface area contributed by atoms with Gasteiger partial charge in [-0.25, -0.2) is 0 Å². The van der Waals surface area contributed by atoms with Crippen LogP contribution in [0.25, 0.3) is 10.9 Å². The Balaban J connectivity index is 1.55. The zero-order chi connectivity index (χ0) is 20.3. The third kappa shape index (κ3) is 4.21. The summed E-state index contributed by atoms with van der Waals surface area (Å²) in [6.07, 6.45) is 3.99. The molecule has 3 aromatic rings. The highest BCUT2D eigenvalue weighted by Gasteiger charge is 2.14. The molecular weight excluding hydrogens is 348 g/mol. The van der Waals surface area contributed by atoms with Gasteiger partial charge in [0.1, 0.15) is 0 Å². The molecule has 1 atom stereocenters. The van der Waals surface area contributed by atoms with E-state index in [0.717, 1.165) is 31.0 Å². The van der Waals surface area contributed by atoms with Crippen LogP contribution in [-0.2, 0) is 19.9 Å². The molecule has 150 valence electrons. The maximum absolute atomic E-state index is 4.51. The molecule has 3 rings (SSSR count). The second kappa shape index (κ2) is 8.50. The number of nitrogens with zero attached hydrogens (tertiary/aromatic N) is 3. The zero-order valence-corrected chi connectivity index (χ0v) is 17.8. The number of aromatic amines is 1. The van der Waals surface area contributed by atoms with Crippen molar-refractivity contribution in [2.24, 2.45) is 12.0 Å². The minimum Gasteiger partial charge on any atom is -0.361 e. The third-order valence-corrected chi connectivity index (χ3v) is 5.47. The van der Waals surface area contributed by atoms with Crippen molar-refractivity contribution in [3.05, 3.63) is 52.5 Å². The van der Waals surface area contributed by atoms with Gasteiger partial charge in [-0.05, 0) is 57.2 Å². The third-order valence-electron chi connectivity index (χ3n) is 5.47. The summed E-state index contributed by atoms with van der Waals surface area (Å²) in [7, 11) is 3.81. The first kappa shape index (κ1) is 20.0. The van der Waals surface area contributed by atoms with Crippen molar-refractivity contribution < 1.29 is 0 Å². The molecule has 0 saturated heterocycles. The van der Waals surface area contributed by atoms with Crippen LogP contribution in [0.4, 0.5) is 0 Å². The van der Waals surface area contributed by atoms with Crippen LogP contribution in [0.1, 0.15) is 35.0 Å². The fourth-order valence-electron chi connectivity index (χ4n) is 3.78. The van der Waals surface area contributed by atoms with E-state index in [-0.39, 0.29) is 6.04 Å². The fourth-order valence-corrected chi connectivity index (χ4v) is 3.78. The summed E-state index contributed by atoms with van der Waals surface area (Å²) in [5, 5.41) is 12.8. The zero-order valence-electron chi connectivity index (χ0n) is 17.8. The Kier molecular flexibility index (Phi) is 6.07. The molecule has 2 heterocycles. The number of nitrogens with one attached hydrogen (secondary N) is 3. The van der Waals surface area contributed by atoms with Gasteiger partial charge in [-0.1, -0.05) is 18.2 Å². The van der Waals surface area contributed by atoms with Gasteiger partial charge in [0.15, 0.2) is 5.96 Å². The summed E-state index contributed by atoms with van der Waals surface area (Å²) in [6, 6.07) is 6.71. The number of benzene rings is 1. The van der Waals surface area contributed by atoms with Crippen LogP contribution >= 0.6 is 0 Å². The van der Waals surface area contributed by atoms with Crippen molar-refractivity contribution in [2.75, 3.05) is 13.6 Å². The molecule has 1 aromatic carbocycles. The predicted molar refractivity (Wildman–Crippen MR) is 117 cm³/mol. The standard InChI is InChI=1S/C22H32N6/c1-14-8-7-9-19-18(13-25-21(14)19)10-11-24-22(23-5)26-15(2)12-20-16(3)27-28(6)17(20)4/h7-9,13,15,25H,10-12H2,1-6H3,(H2,23,24,26). The quantitative estimate of drug-likeness (QED) is 0.454. The first-order valence-corrected chi connectivity index (χ1v) is 9.92. The van der Waals surface area contributed by atoms with Crippen molar-refractivity contribution in [1.82, 2.24) is 25.4 Å². The molecule has 0 aliphatic rings. The van der Waals surface area contributed by atoms with Crippen molar-refractivity contribution in [3.63, 3.8) is 0 Å². The Hall–Kier alpha value is -2.76. The monoisotopic (exact) mass is 380 g/mol. The van der Waals surface area contributed by atoms with E-state index in [9.17, 15) is 0 Å². The molecule has 6 heteroatoms. The highest BCUT2D eigenvalue weighted by Crippen LogP contribution is 2.21. The van der Waals surface area contributed by atoms with Crippen molar-refractivity contribution >= 4 is 16.9 Å². The molecule has 0 aliphatic carbocycles. The van der Waals surface area contributed by atoms with Crippen LogP contribution in [0.3, 0.4) is 0 Å². The number of hydrogen-bond donors (Lipinski definition) is 3. The van der Waals surface area contributed by atoms with E-state index < -0.39 is 0 Å². The second-order valence-electron chi connectivity index (χ2n) is 7.58. The Morgan fingerprint density at radius 3 is 2.75 bits per heavy atom. The number of para-hydroxylation sites is 1. The molecule has 3 N–H and O–H groups in total. The molecule has 2 aromatic heterocycles. The van der Waals surface area contributed by atoms with E-state index in [1.807, 2.05) is 18.8 Å². The summed E-state index contributed by atoms with van der Waals surface area (Å²) < 4.78 is 1.95. The lowest BCUT2D eigenvalue weighted by atomic mass is 10.1. The van der Waals surface area contributed by atoms with E-state index in [4.69, 9.17) is 0 Å². The fraction of sp³-hybridized carbons (Fsp3) is 0.455. The Bertz CT molecular complexity index is 978. The van der Waals surface area contributed by atoms with Crippen LogP contribution in [0.15, 0.2) is 29.4 Å². The van der Waals surface area contributed by atoms with Crippen LogP contribution in [0.2, 0.25) is 0 Å². The van der Waals surface area contributed by atoms with Gasteiger partial charge in [0.25, 0.3) is 0 Å². The summed E-state index contributed by atoms with van der Waals surface area (Å²) in [5.41, 5.74) is 7.48. The molecule has 0 radical (unpaired) electrons. The number of aromatic nitrogens is 3. The number of hydrogen-bond acceptors (Lipinski definition) is 2. The number of H-pyrrole nitrogens is 1. The molecule has 0 amide bonds. The van der Waals surface area contributed by atoms with E-state index in [1.165, 1.54) is 33.3 Å². The minimum absolute atomic E-state index is 0.267. The topological polar surface area (TPSA) is 70.0 Å². The number of aliphatic imine (C=N–C) groups is 1. The van der Waals surface area contributed by atoms with Crippen molar-refractivity contribution in [1.29, 1.82) is 0 Å². The summed E-state index contributed by atoms with van der Waals surface area (Å²) in [4.78, 5) is 7.78. The second-order valence-corrected chi connectivity index (χ2v) is 7.58. The molecule has 1 unspecified atom stereocenters. The number of guanidine groups is 1. The van der Waals surface area contributed by atoms with Gasteiger partial charge >= 0.3 is 0 Å². The van der Waals surface area contributed by atoms with E-state index in [0.29, 0.717) is 0 Å². The van der Waals surface area contributed by atoms with Crippen LogP contribution in [0, 0.1) is 20.8 Å². The van der Waals surface area contributed by atoms with Crippen LogP contribution in [0.5, 0.6) is 0 Å². The van der Waals surface area contributed by atoms with Gasteiger partial charge < -0.3 is 15.6 Å². The van der Waals surface area contributed by atoms with Gasteiger partial charge in [-0.2, -0.15) is 5.10 Å². The number of rotatable bonds is 6. The van der Waals surface area contributed by atoms with Gasteiger partial charge in [0.05, 0.1) is 5.69 Å². The molecule has 0 fully saturated rings. The van der Waals surface area contributed by atoms with E-state index in [2.05, 4.69) is 77.8 Å². The molecule has 0 saturated carbocycles. The van der Waals surface area contributed by atoms with Crippen LogP contribution in [-0.4, -0.2) is 40.4 Å². The number of fused-ring (bicyclic) bond motifs is 1. The maximum atomic E-state index is 4.51. The van der Waals surface area contributed by atoms with Gasteiger partial charge in [-0.3, -0.25) is 9.67 Å². The molecule has 0 aliphatic heterocycles. The predicted octanol–water partition coefficient (Wildman–Crippen LogP) is 3.17. The molecule has 28 heavy (non-hydrogen) atoms. The highest BCUT2D eigenvalue weighted by atomic mass is 15.3. The average Bonchev–Trinajstić information content (AvgIpc) is 3.18. The summed E-state index contributed by atoms with van der Waals surface area (Å²) in [5.74, 6) is 0.836. The summed E-state index contributed by atoms with van der Waals surface area (Å²) >= 11 is 0. The highest BCUT2D eigenvalue weighted by molar-refractivity contribution is 5.86. The van der Waals surface area contributed by atoms with Crippen molar-refractivity contribution in [3.8, 4) is 0 Å². The Labute approximate surface area is 167 Å². The molecular formula is C22H32N6. The SMILES string of the molecule is CN=C(NCCc1c[nH]c2c(C)cccc12)NC(C)Cc1c(C)nn(C)c1C. The van der Waals surface area contributed by atoms with E-state index in [1.54, 1.807) is 0 Å². The van der Waals surface area contributed by atoms with Crippen LogP contribution < -0.4 is 10.6 Å². The molecule has 0 spiro atoms.